The minimum atomic E-state index is -1.03. The standard InChI is InChI=1S/C15H22N2O4/c16-14(15(18)19)12-2-4-13(5-3-12)21-9-1-6-17-7-10-20-11-8-17/h2-5,14H,1,6-11,16H2,(H,18,19)/t14-/m0/s1. The molecule has 1 aromatic carbocycles. The molecule has 21 heavy (non-hydrogen) atoms. The van der Waals surface area contributed by atoms with Gasteiger partial charge in [0.1, 0.15) is 11.8 Å². The number of nitrogens with two attached hydrogens (primary N) is 1. The molecule has 6 heteroatoms. The monoisotopic (exact) mass is 294 g/mol. The van der Waals surface area contributed by atoms with E-state index in [4.69, 9.17) is 20.3 Å². The van der Waals surface area contributed by atoms with Gasteiger partial charge in [0.2, 0.25) is 0 Å². The van der Waals surface area contributed by atoms with E-state index >= 15 is 0 Å². The molecule has 0 radical (unpaired) electrons. The number of benzene rings is 1. The van der Waals surface area contributed by atoms with Crippen LogP contribution in [0.2, 0.25) is 0 Å². The van der Waals surface area contributed by atoms with E-state index in [1.165, 1.54) is 0 Å². The first-order chi connectivity index (χ1) is 10.2. The molecule has 116 valence electrons. The summed E-state index contributed by atoms with van der Waals surface area (Å²) in [7, 11) is 0. The van der Waals surface area contributed by atoms with Crippen molar-refractivity contribution < 1.29 is 19.4 Å². The molecule has 0 unspecified atom stereocenters. The number of carbonyl (C=O) groups is 1. The Labute approximate surface area is 124 Å². The maximum Gasteiger partial charge on any atom is 0.325 e. The molecule has 0 spiro atoms. The van der Waals surface area contributed by atoms with E-state index in [2.05, 4.69) is 4.90 Å². The molecular formula is C15H22N2O4. The molecule has 0 saturated carbocycles. The molecule has 1 heterocycles. The van der Waals surface area contributed by atoms with Crippen molar-refractivity contribution >= 4 is 5.97 Å². The molecule has 1 aliphatic heterocycles. The van der Waals surface area contributed by atoms with Crippen LogP contribution in [-0.4, -0.2) is 55.4 Å². The molecule has 1 aliphatic rings. The number of ether oxygens (including phenoxy) is 2. The van der Waals surface area contributed by atoms with Gasteiger partial charge in [0, 0.05) is 19.6 Å². The highest BCUT2D eigenvalue weighted by Gasteiger charge is 2.13. The zero-order valence-corrected chi connectivity index (χ0v) is 12.0. The molecule has 0 aliphatic carbocycles. The Morgan fingerprint density at radius 1 is 1.33 bits per heavy atom. The lowest BCUT2D eigenvalue weighted by Crippen LogP contribution is -2.37. The van der Waals surface area contributed by atoms with Gasteiger partial charge in [-0.1, -0.05) is 12.1 Å². The number of nitrogens with zero attached hydrogens (tertiary/aromatic N) is 1. The van der Waals surface area contributed by atoms with E-state index in [1.54, 1.807) is 24.3 Å². The molecule has 3 N–H and O–H groups in total. The molecule has 0 bridgehead atoms. The minimum absolute atomic E-state index is 0.572. The second-order valence-electron chi connectivity index (χ2n) is 5.04. The van der Waals surface area contributed by atoms with Crippen LogP contribution in [0.5, 0.6) is 5.75 Å². The van der Waals surface area contributed by atoms with E-state index in [0.717, 1.165) is 45.0 Å². The fourth-order valence-corrected chi connectivity index (χ4v) is 2.22. The van der Waals surface area contributed by atoms with Crippen LogP contribution in [-0.2, 0) is 9.53 Å². The van der Waals surface area contributed by atoms with E-state index < -0.39 is 12.0 Å². The van der Waals surface area contributed by atoms with E-state index in [9.17, 15) is 4.79 Å². The van der Waals surface area contributed by atoms with Gasteiger partial charge in [-0.25, -0.2) is 0 Å². The van der Waals surface area contributed by atoms with Crippen LogP contribution in [0, 0.1) is 0 Å². The number of carboxylic acid groups (broad SMARTS) is 1. The number of carboxylic acids is 1. The molecule has 1 fully saturated rings. The van der Waals surface area contributed by atoms with Crippen molar-refractivity contribution in [2.75, 3.05) is 39.5 Å². The van der Waals surface area contributed by atoms with Gasteiger partial charge in [-0.05, 0) is 24.1 Å². The van der Waals surface area contributed by atoms with Crippen LogP contribution in [0.1, 0.15) is 18.0 Å². The summed E-state index contributed by atoms with van der Waals surface area (Å²) in [6.45, 7) is 5.24. The third-order valence-corrected chi connectivity index (χ3v) is 3.50. The third kappa shape index (κ3) is 5.00. The number of aliphatic carboxylic acids is 1. The summed E-state index contributed by atoms with van der Waals surface area (Å²) in [5.74, 6) is -0.299. The van der Waals surface area contributed by atoms with Gasteiger partial charge in [0.25, 0.3) is 0 Å². The molecule has 1 aromatic rings. The lowest BCUT2D eigenvalue weighted by atomic mass is 10.1. The zero-order chi connectivity index (χ0) is 15.1. The Hall–Kier alpha value is -1.63. The van der Waals surface area contributed by atoms with Gasteiger partial charge in [0.05, 0.1) is 19.8 Å². The summed E-state index contributed by atoms with van der Waals surface area (Å²) >= 11 is 0. The van der Waals surface area contributed by atoms with Crippen LogP contribution in [0.25, 0.3) is 0 Å². The van der Waals surface area contributed by atoms with Gasteiger partial charge in [-0.15, -0.1) is 0 Å². The van der Waals surface area contributed by atoms with Crippen LogP contribution in [0.15, 0.2) is 24.3 Å². The van der Waals surface area contributed by atoms with Crippen molar-refractivity contribution in [3.05, 3.63) is 29.8 Å². The molecule has 2 rings (SSSR count). The maximum absolute atomic E-state index is 10.8. The summed E-state index contributed by atoms with van der Waals surface area (Å²) in [5.41, 5.74) is 6.11. The Morgan fingerprint density at radius 3 is 2.62 bits per heavy atom. The molecule has 0 amide bonds. The van der Waals surface area contributed by atoms with E-state index in [1.807, 2.05) is 0 Å². The van der Waals surface area contributed by atoms with E-state index in [0.29, 0.717) is 12.2 Å². The summed E-state index contributed by atoms with van der Waals surface area (Å²) in [4.78, 5) is 13.1. The van der Waals surface area contributed by atoms with Crippen LogP contribution >= 0.6 is 0 Å². The topological polar surface area (TPSA) is 85.0 Å². The maximum atomic E-state index is 10.8. The van der Waals surface area contributed by atoms with Crippen molar-refractivity contribution in [2.24, 2.45) is 5.73 Å². The molecule has 1 saturated heterocycles. The first-order valence-corrected chi connectivity index (χ1v) is 7.18. The summed E-state index contributed by atoms with van der Waals surface area (Å²) in [6.07, 6.45) is 0.955. The van der Waals surface area contributed by atoms with Crippen molar-refractivity contribution in [3.63, 3.8) is 0 Å². The highest BCUT2D eigenvalue weighted by Crippen LogP contribution is 2.16. The lowest BCUT2D eigenvalue weighted by Gasteiger charge is -2.26. The smallest absolute Gasteiger partial charge is 0.325 e. The second kappa shape index (κ2) is 7.97. The van der Waals surface area contributed by atoms with E-state index in [-0.39, 0.29) is 0 Å². The summed E-state index contributed by atoms with van der Waals surface area (Å²) in [6, 6.07) is 5.91. The fraction of sp³-hybridized carbons (Fsp3) is 0.533. The minimum Gasteiger partial charge on any atom is -0.494 e. The second-order valence-corrected chi connectivity index (χ2v) is 5.04. The van der Waals surface area contributed by atoms with Gasteiger partial charge in [0.15, 0.2) is 0 Å². The van der Waals surface area contributed by atoms with Crippen molar-refractivity contribution in [1.29, 1.82) is 0 Å². The Bertz CT molecular complexity index is 443. The highest BCUT2D eigenvalue weighted by molar-refractivity contribution is 5.75. The molecule has 0 aromatic heterocycles. The first-order valence-electron chi connectivity index (χ1n) is 7.18. The summed E-state index contributed by atoms with van der Waals surface area (Å²) < 4.78 is 10.9. The molecular weight excluding hydrogens is 272 g/mol. The SMILES string of the molecule is N[C@H](C(=O)O)c1ccc(OCCCN2CCOCC2)cc1. The summed E-state index contributed by atoms with van der Waals surface area (Å²) in [5, 5.41) is 8.83. The predicted octanol–water partition coefficient (Wildman–Crippen LogP) is 0.872. The number of rotatable bonds is 7. The zero-order valence-electron chi connectivity index (χ0n) is 12.0. The number of morpholine rings is 1. The van der Waals surface area contributed by atoms with Gasteiger partial charge < -0.3 is 20.3 Å². The predicted molar refractivity (Wildman–Crippen MR) is 78.4 cm³/mol. The number of hydrogen-bond donors (Lipinski definition) is 2. The van der Waals surface area contributed by atoms with Crippen molar-refractivity contribution in [1.82, 2.24) is 4.90 Å². The average molecular weight is 294 g/mol. The number of hydrogen-bond acceptors (Lipinski definition) is 5. The largest absolute Gasteiger partial charge is 0.494 e. The van der Waals surface area contributed by atoms with Crippen LogP contribution < -0.4 is 10.5 Å². The normalized spacial score (nSPS) is 17.4. The Balaban J connectivity index is 1.69. The van der Waals surface area contributed by atoms with Gasteiger partial charge in [-0.3, -0.25) is 9.69 Å². The first kappa shape index (κ1) is 15.8. The average Bonchev–Trinajstić information content (AvgIpc) is 2.52. The van der Waals surface area contributed by atoms with Crippen molar-refractivity contribution in [2.45, 2.75) is 12.5 Å². The van der Waals surface area contributed by atoms with Crippen LogP contribution in [0.4, 0.5) is 0 Å². The van der Waals surface area contributed by atoms with Gasteiger partial charge in [-0.2, -0.15) is 0 Å². The lowest BCUT2D eigenvalue weighted by molar-refractivity contribution is -0.138. The van der Waals surface area contributed by atoms with Crippen LogP contribution in [0.3, 0.4) is 0 Å². The highest BCUT2D eigenvalue weighted by atomic mass is 16.5. The Kier molecular flexibility index (Phi) is 5.98. The quantitative estimate of drug-likeness (QED) is 0.726. The third-order valence-electron chi connectivity index (χ3n) is 3.50. The van der Waals surface area contributed by atoms with Crippen molar-refractivity contribution in [3.8, 4) is 5.75 Å². The molecule has 6 nitrogen and oxygen atoms in total. The fourth-order valence-electron chi connectivity index (χ4n) is 2.22. The Morgan fingerprint density at radius 2 is 2.00 bits per heavy atom. The van der Waals surface area contributed by atoms with Gasteiger partial charge >= 0.3 is 5.97 Å². The molecule has 1 atom stereocenters.